The maximum Gasteiger partial charge on any atom is 0.207 e. The Morgan fingerprint density at radius 1 is 1.27 bits per heavy atom. The minimum Gasteiger partial charge on any atom is -0.349 e. The molecular weight excluding hydrogens is 374 g/mol. The Morgan fingerprint density at radius 2 is 2.03 bits per heavy atom. The van der Waals surface area contributed by atoms with E-state index in [-0.39, 0.29) is 11.7 Å². The number of hydrogen-bond donors (Lipinski definition) is 2. The van der Waals surface area contributed by atoms with E-state index < -0.39 is 0 Å². The highest BCUT2D eigenvalue weighted by molar-refractivity contribution is 6.09. The van der Waals surface area contributed by atoms with E-state index >= 15 is 0 Å². The molecule has 1 heterocycles. The first kappa shape index (κ1) is 20.1. The van der Waals surface area contributed by atoms with Crippen LogP contribution in [0.25, 0.3) is 0 Å². The van der Waals surface area contributed by atoms with Crippen molar-refractivity contribution in [1.29, 1.82) is 0 Å². The second-order valence-corrected chi connectivity index (χ2v) is 8.22. The van der Waals surface area contributed by atoms with E-state index in [1.807, 2.05) is 55.5 Å². The molecule has 2 aliphatic rings. The average molecular weight is 404 g/mol. The molecule has 156 valence electrons. The summed E-state index contributed by atoms with van der Waals surface area (Å²) in [6, 6.07) is 9.93. The molecule has 1 atom stereocenters. The molecular formula is C24H29N5O. The minimum atomic E-state index is 0.118. The Labute approximate surface area is 177 Å². The monoisotopic (exact) mass is 403 g/mol. The molecule has 1 aromatic heterocycles. The summed E-state index contributed by atoms with van der Waals surface area (Å²) in [6.45, 7) is 2.14. The average Bonchev–Trinajstić information content (AvgIpc) is 3.47. The van der Waals surface area contributed by atoms with E-state index in [2.05, 4.69) is 34.4 Å². The zero-order chi connectivity index (χ0) is 21.1. The van der Waals surface area contributed by atoms with Gasteiger partial charge in [-0.25, -0.2) is 9.98 Å². The number of carbonyl (C=O) groups is 1. The first-order chi connectivity index (χ1) is 14.5. The van der Waals surface area contributed by atoms with Gasteiger partial charge in [0, 0.05) is 36.8 Å². The van der Waals surface area contributed by atoms with Crippen molar-refractivity contribution in [1.82, 2.24) is 14.9 Å². The summed E-state index contributed by atoms with van der Waals surface area (Å²) in [5.74, 6) is 1.74. The third-order valence-corrected chi connectivity index (χ3v) is 5.53. The Kier molecular flexibility index (Phi) is 5.84. The van der Waals surface area contributed by atoms with Crippen LogP contribution in [0.5, 0.6) is 0 Å². The molecule has 2 aromatic rings. The van der Waals surface area contributed by atoms with Crippen LogP contribution in [0.15, 0.2) is 64.8 Å². The van der Waals surface area contributed by atoms with Crippen molar-refractivity contribution in [2.45, 2.75) is 44.6 Å². The number of aliphatic imine (C=N–C) groups is 1. The number of Topliss-reactive ketones (excluding diaryl/α,β-unsaturated/α-hetero) is 1. The molecule has 6 heteroatoms. The summed E-state index contributed by atoms with van der Waals surface area (Å²) < 4.78 is 0. The van der Waals surface area contributed by atoms with Crippen LogP contribution in [0.4, 0.5) is 5.95 Å². The van der Waals surface area contributed by atoms with Gasteiger partial charge in [0.25, 0.3) is 0 Å². The fourth-order valence-corrected chi connectivity index (χ4v) is 3.52. The predicted octanol–water partition coefficient (Wildman–Crippen LogP) is 4.53. The number of nitrogens with one attached hydrogen (secondary N) is 2. The van der Waals surface area contributed by atoms with Crippen LogP contribution in [0.2, 0.25) is 0 Å². The van der Waals surface area contributed by atoms with Crippen LogP contribution in [0, 0.1) is 0 Å². The summed E-state index contributed by atoms with van der Waals surface area (Å²) in [7, 11) is 3.95. The molecule has 1 saturated carbocycles. The van der Waals surface area contributed by atoms with Crippen molar-refractivity contribution in [3.05, 3.63) is 71.1 Å². The number of rotatable bonds is 6. The predicted molar refractivity (Wildman–Crippen MR) is 121 cm³/mol. The molecule has 30 heavy (non-hydrogen) atoms. The van der Waals surface area contributed by atoms with Gasteiger partial charge in [-0.1, -0.05) is 49.4 Å². The Morgan fingerprint density at radius 3 is 2.73 bits per heavy atom. The van der Waals surface area contributed by atoms with Gasteiger partial charge in [0.1, 0.15) is 0 Å². The molecule has 1 fully saturated rings. The van der Waals surface area contributed by atoms with E-state index in [0.717, 1.165) is 54.0 Å². The summed E-state index contributed by atoms with van der Waals surface area (Å²) in [6.07, 6.45) is 10.1. The van der Waals surface area contributed by atoms with Gasteiger partial charge < -0.3 is 9.88 Å². The molecule has 0 radical (unpaired) electrons. The molecule has 0 spiro atoms. The lowest BCUT2D eigenvalue weighted by Gasteiger charge is -2.18. The second-order valence-electron chi connectivity index (χ2n) is 8.22. The second kappa shape index (κ2) is 8.69. The Bertz CT molecular complexity index is 996. The smallest absolute Gasteiger partial charge is 0.207 e. The highest BCUT2D eigenvalue weighted by Gasteiger charge is 2.23. The van der Waals surface area contributed by atoms with E-state index in [1.165, 1.54) is 0 Å². The largest absolute Gasteiger partial charge is 0.349 e. The van der Waals surface area contributed by atoms with Crippen LogP contribution in [-0.2, 0) is 0 Å². The molecule has 0 aliphatic heterocycles. The number of imidazole rings is 1. The van der Waals surface area contributed by atoms with Crippen LogP contribution in [0.3, 0.4) is 0 Å². The van der Waals surface area contributed by atoms with Crippen LogP contribution in [0.1, 0.15) is 54.6 Å². The molecule has 0 saturated heterocycles. The Hall–Kier alpha value is -3.15. The van der Waals surface area contributed by atoms with E-state index in [0.29, 0.717) is 12.0 Å². The maximum atomic E-state index is 12.8. The highest BCUT2D eigenvalue weighted by Crippen LogP contribution is 2.31. The molecule has 6 nitrogen and oxygen atoms in total. The molecule has 2 aliphatic carbocycles. The molecule has 4 rings (SSSR count). The lowest BCUT2D eigenvalue weighted by atomic mass is 9.87. The molecule has 0 bridgehead atoms. The number of guanidine groups is 1. The SMILES string of the molecule is CC(C1=CCCC(C(=O)c2ccccc2)=C1)c1cnc(NC(=NC2CC2)N(C)C)[nH]1. The molecule has 1 unspecified atom stereocenters. The maximum absolute atomic E-state index is 12.8. The van der Waals surface area contributed by atoms with Gasteiger partial charge in [0.05, 0.1) is 12.2 Å². The standard InChI is InChI=1S/C24H29N5O/c1-16(18-10-7-11-19(14-18)22(30)17-8-5-4-6-9-17)21-15-25-23(27-21)28-24(29(2)3)26-20-12-13-20/h4-6,8-10,14-16,20H,7,11-13H2,1-3H3,(H2,25,26,27,28). The minimum absolute atomic E-state index is 0.118. The van der Waals surface area contributed by atoms with Crippen molar-refractivity contribution in [2.24, 2.45) is 4.99 Å². The summed E-state index contributed by atoms with van der Waals surface area (Å²) in [5, 5.41) is 3.30. The number of benzene rings is 1. The molecule has 1 aromatic carbocycles. The summed E-state index contributed by atoms with van der Waals surface area (Å²) in [4.78, 5) is 27.4. The van der Waals surface area contributed by atoms with Gasteiger partial charge in [-0.15, -0.1) is 0 Å². The molecule has 0 amide bonds. The van der Waals surface area contributed by atoms with E-state index in [4.69, 9.17) is 4.99 Å². The Balaban J connectivity index is 1.48. The first-order valence-corrected chi connectivity index (χ1v) is 10.6. The third-order valence-electron chi connectivity index (χ3n) is 5.53. The van der Waals surface area contributed by atoms with Crippen molar-refractivity contribution < 1.29 is 4.79 Å². The van der Waals surface area contributed by atoms with Gasteiger partial charge in [0.2, 0.25) is 11.9 Å². The summed E-state index contributed by atoms with van der Waals surface area (Å²) in [5.41, 5.74) is 3.78. The highest BCUT2D eigenvalue weighted by atomic mass is 16.1. The topological polar surface area (TPSA) is 73.4 Å². The number of carbonyl (C=O) groups excluding carboxylic acids is 1. The van der Waals surface area contributed by atoms with Crippen molar-refractivity contribution >= 4 is 17.7 Å². The van der Waals surface area contributed by atoms with E-state index in [9.17, 15) is 4.79 Å². The number of anilines is 1. The van der Waals surface area contributed by atoms with Gasteiger partial charge in [0.15, 0.2) is 5.78 Å². The number of H-pyrrole nitrogens is 1. The third kappa shape index (κ3) is 4.70. The lowest BCUT2D eigenvalue weighted by molar-refractivity contribution is 0.103. The lowest BCUT2D eigenvalue weighted by Crippen LogP contribution is -2.30. The fourth-order valence-electron chi connectivity index (χ4n) is 3.52. The first-order valence-electron chi connectivity index (χ1n) is 10.6. The number of allylic oxidation sites excluding steroid dienone is 4. The zero-order valence-corrected chi connectivity index (χ0v) is 17.9. The van der Waals surface area contributed by atoms with Crippen LogP contribution >= 0.6 is 0 Å². The van der Waals surface area contributed by atoms with Crippen molar-refractivity contribution in [2.75, 3.05) is 19.4 Å². The van der Waals surface area contributed by atoms with Crippen LogP contribution < -0.4 is 5.32 Å². The number of hydrogen-bond acceptors (Lipinski definition) is 3. The van der Waals surface area contributed by atoms with Gasteiger partial charge in [-0.05, 0) is 31.3 Å². The zero-order valence-electron chi connectivity index (χ0n) is 17.9. The number of aromatic nitrogens is 2. The quantitative estimate of drug-likeness (QED) is 0.422. The molecule has 2 N–H and O–H groups in total. The van der Waals surface area contributed by atoms with Gasteiger partial charge in [-0.3, -0.25) is 10.1 Å². The van der Waals surface area contributed by atoms with Crippen molar-refractivity contribution in [3.8, 4) is 0 Å². The number of aromatic amines is 1. The normalized spacial score (nSPS) is 17.8. The van der Waals surface area contributed by atoms with Crippen molar-refractivity contribution in [3.63, 3.8) is 0 Å². The summed E-state index contributed by atoms with van der Waals surface area (Å²) >= 11 is 0. The van der Waals surface area contributed by atoms with Gasteiger partial charge in [-0.2, -0.15) is 0 Å². The fraction of sp³-hybridized carbons (Fsp3) is 0.375. The number of nitrogens with zero attached hydrogens (tertiary/aromatic N) is 3. The van der Waals surface area contributed by atoms with Crippen LogP contribution in [-0.4, -0.2) is 46.7 Å². The number of ketones is 1. The van der Waals surface area contributed by atoms with Gasteiger partial charge >= 0.3 is 0 Å². The van der Waals surface area contributed by atoms with E-state index in [1.54, 1.807) is 0 Å².